The Hall–Kier alpha value is -1.76. The molecule has 0 aliphatic heterocycles. The van der Waals surface area contributed by atoms with Gasteiger partial charge in [0, 0.05) is 0 Å². The molecule has 0 saturated heterocycles. The number of benzene rings is 2. The summed E-state index contributed by atoms with van der Waals surface area (Å²) >= 11 is 0. The highest BCUT2D eigenvalue weighted by atomic mass is 16.3. The molecule has 1 N–H and O–H groups in total. The van der Waals surface area contributed by atoms with Crippen LogP contribution in [0.2, 0.25) is 0 Å². The molecule has 0 aliphatic carbocycles. The number of hydrogen-bond acceptors (Lipinski definition) is 1. The van der Waals surface area contributed by atoms with E-state index in [2.05, 4.69) is 57.2 Å². The lowest BCUT2D eigenvalue weighted by Crippen LogP contribution is -2.20. The van der Waals surface area contributed by atoms with Gasteiger partial charge in [0.2, 0.25) is 0 Å². The second kappa shape index (κ2) is 5.70. The van der Waals surface area contributed by atoms with Crippen LogP contribution in [-0.2, 0) is 11.8 Å². The van der Waals surface area contributed by atoms with Crippen molar-refractivity contribution in [3.8, 4) is 5.75 Å². The van der Waals surface area contributed by atoms with Crippen molar-refractivity contribution in [2.45, 2.75) is 46.0 Å². The Morgan fingerprint density at radius 1 is 0.900 bits per heavy atom. The van der Waals surface area contributed by atoms with Gasteiger partial charge in [-0.3, -0.25) is 0 Å². The maximum Gasteiger partial charge on any atom is 0.118 e. The molecule has 0 aliphatic rings. The van der Waals surface area contributed by atoms with Gasteiger partial charge in [0.1, 0.15) is 5.75 Å². The fourth-order valence-corrected chi connectivity index (χ4v) is 2.78. The molecule has 0 spiro atoms. The Labute approximate surface area is 122 Å². The summed E-state index contributed by atoms with van der Waals surface area (Å²) in [4.78, 5) is 0. The van der Waals surface area contributed by atoms with E-state index < -0.39 is 0 Å². The molecule has 0 bridgehead atoms. The van der Waals surface area contributed by atoms with Crippen molar-refractivity contribution in [3.05, 3.63) is 64.7 Å². The maximum absolute atomic E-state index is 9.80. The summed E-state index contributed by atoms with van der Waals surface area (Å²) in [5, 5.41) is 9.80. The first-order valence-corrected chi connectivity index (χ1v) is 7.25. The third kappa shape index (κ3) is 3.04. The first-order chi connectivity index (χ1) is 9.42. The third-order valence-electron chi connectivity index (χ3n) is 4.37. The number of aryl methyl sites for hydroxylation is 1. The van der Waals surface area contributed by atoms with Gasteiger partial charge in [-0.25, -0.2) is 0 Å². The zero-order valence-electron chi connectivity index (χ0n) is 12.9. The van der Waals surface area contributed by atoms with E-state index in [0.29, 0.717) is 5.75 Å². The SMILES string of the molecule is Cc1c(O)ccc(C(C)(C)CCc2ccccc2)c1C. The van der Waals surface area contributed by atoms with Crippen molar-refractivity contribution < 1.29 is 5.11 Å². The summed E-state index contributed by atoms with van der Waals surface area (Å²) in [7, 11) is 0. The molecule has 0 heterocycles. The lowest BCUT2D eigenvalue weighted by molar-refractivity contribution is 0.460. The molecule has 0 unspecified atom stereocenters. The summed E-state index contributed by atoms with van der Waals surface area (Å²) < 4.78 is 0. The molecule has 2 aromatic carbocycles. The van der Waals surface area contributed by atoms with Crippen molar-refractivity contribution in [3.63, 3.8) is 0 Å². The minimum absolute atomic E-state index is 0.110. The van der Waals surface area contributed by atoms with Crippen LogP contribution < -0.4 is 0 Å². The average molecular weight is 268 g/mol. The van der Waals surface area contributed by atoms with Crippen LogP contribution in [-0.4, -0.2) is 5.11 Å². The largest absolute Gasteiger partial charge is 0.508 e. The van der Waals surface area contributed by atoms with Gasteiger partial charge in [0.25, 0.3) is 0 Å². The Morgan fingerprint density at radius 3 is 2.20 bits per heavy atom. The minimum Gasteiger partial charge on any atom is -0.508 e. The van der Waals surface area contributed by atoms with E-state index in [-0.39, 0.29) is 5.41 Å². The Bertz CT molecular complexity index is 582. The van der Waals surface area contributed by atoms with Crippen LogP contribution in [0.5, 0.6) is 5.75 Å². The van der Waals surface area contributed by atoms with E-state index in [1.807, 2.05) is 13.0 Å². The van der Waals surface area contributed by atoms with E-state index in [0.717, 1.165) is 18.4 Å². The summed E-state index contributed by atoms with van der Waals surface area (Å²) in [5.74, 6) is 0.394. The molecule has 106 valence electrons. The van der Waals surface area contributed by atoms with Gasteiger partial charge < -0.3 is 5.11 Å². The van der Waals surface area contributed by atoms with Gasteiger partial charge in [-0.05, 0) is 60.4 Å². The van der Waals surface area contributed by atoms with E-state index in [1.165, 1.54) is 16.7 Å². The van der Waals surface area contributed by atoms with Gasteiger partial charge in [-0.2, -0.15) is 0 Å². The third-order valence-corrected chi connectivity index (χ3v) is 4.37. The molecule has 0 radical (unpaired) electrons. The Morgan fingerprint density at radius 2 is 1.55 bits per heavy atom. The van der Waals surface area contributed by atoms with Gasteiger partial charge in [0.05, 0.1) is 0 Å². The zero-order valence-corrected chi connectivity index (χ0v) is 12.9. The number of aromatic hydroxyl groups is 1. The van der Waals surface area contributed by atoms with Crippen LogP contribution >= 0.6 is 0 Å². The van der Waals surface area contributed by atoms with Gasteiger partial charge >= 0.3 is 0 Å². The summed E-state index contributed by atoms with van der Waals surface area (Å²) in [5.41, 5.74) is 5.04. The fourth-order valence-electron chi connectivity index (χ4n) is 2.78. The Balaban J connectivity index is 2.20. The highest BCUT2D eigenvalue weighted by Gasteiger charge is 2.23. The maximum atomic E-state index is 9.80. The van der Waals surface area contributed by atoms with E-state index >= 15 is 0 Å². The van der Waals surface area contributed by atoms with Crippen LogP contribution in [0, 0.1) is 13.8 Å². The second-order valence-corrected chi connectivity index (χ2v) is 6.25. The standard InChI is InChI=1S/C19H24O/c1-14-15(2)18(20)11-10-17(14)19(3,4)13-12-16-8-6-5-7-9-16/h5-11,20H,12-13H2,1-4H3. The molecular formula is C19H24O. The van der Waals surface area contributed by atoms with Gasteiger partial charge in [-0.1, -0.05) is 50.2 Å². The quantitative estimate of drug-likeness (QED) is 0.834. The highest BCUT2D eigenvalue weighted by molar-refractivity contribution is 5.45. The minimum atomic E-state index is 0.110. The topological polar surface area (TPSA) is 20.2 Å². The predicted molar refractivity (Wildman–Crippen MR) is 85.4 cm³/mol. The van der Waals surface area contributed by atoms with Crippen LogP contribution in [0.1, 0.15) is 42.5 Å². The van der Waals surface area contributed by atoms with Gasteiger partial charge in [-0.15, -0.1) is 0 Å². The van der Waals surface area contributed by atoms with Crippen LogP contribution in [0.15, 0.2) is 42.5 Å². The van der Waals surface area contributed by atoms with Crippen molar-refractivity contribution in [2.24, 2.45) is 0 Å². The summed E-state index contributed by atoms with van der Waals surface area (Å²) in [6.07, 6.45) is 2.18. The van der Waals surface area contributed by atoms with Crippen LogP contribution in [0.4, 0.5) is 0 Å². The average Bonchev–Trinajstić information content (AvgIpc) is 2.44. The summed E-state index contributed by atoms with van der Waals surface area (Å²) in [6, 6.07) is 14.5. The normalized spacial score (nSPS) is 11.6. The van der Waals surface area contributed by atoms with E-state index in [9.17, 15) is 5.11 Å². The molecule has 2 rings (SSSR count). The number of phenolic OH excluding ortho intramolecular Hbond substituents is 1. The van der Waals surface area contributed by atoms with Crippen molar-refractivity contribution in [1.29, 1.82) is 0 Å². The second-order valence-electron chi connectivity index (χ2n) is 6.25. The van der Waals surface area contributed by atoms with E-state index in [1.54, 1.807) is 0 Å². The van der Waals surface area contributed by atoms with Crippen molar-refractivity contribution >= 4 is 0 Å². The Kier molecular flexibility index (Phi) is 4.17. The van der Waals surface area contributed by atoms with Gasteiger partial charge in [0.15, 0.2) is 0 Å². The first-order valence-electron chi connectivity index (χ1n) is 7.25. The number of hydrogen-bond donors (Lipinski definition) is 1. The summed E-state index contributed by atoms with van der Waals surface area (Å²) in [6.45, 7) is 8.67. The van der Waals surface area contributed by atoms with Crippen LogP contribution in [0.25, 0.3) is 0 Å². The molecule has 0 aromatic heterocycles. The fraction of sp³-hybridized carbons (Fsp3) is 0.368. The molecule has 0 amide bonds. The lowest BCUT2D eigenvalue weighted by Gasteiger charge is -2.28. The first kappa shape index (κ1) is 14.6. The number of rotatable bonds is 4. The zero-order chi connectivity index (χ0) is 14.8. The molecule has 2 aromatic rings. The molecule has 0 saturated carbocycles. The molecule has 0 fully saturated rings. The predicted octanol–water partition coefficient (Wildman–Crippen LogP) is 4.92. The molecule has 1 heteroatoms. The van der Waals surface area contributed by atoms with Crippen LogP contribution in [0.3, 0.4) is 0 Å². The van der Waals surface area contributed by atoms with E-state index in [4.69, 9.17) is 0 Å². The van der Waals surface area contributed by atoms with Crippen molar-refractivity contribution in [2.75, 3.05) is 0 Å². The molecule has 1 nitrogen and oxygen atoms in total. The van der Waals surface area contributed by atoms with Crippen molar-refractivity contribution in [1.82, 2.24) is 0 Å². The molecular weight excluding hydrogens is 244 g/mol. The monoisotopic (exact) mass is 268 g/mol. The molecule has 0 atom stereocenters. The highest BCUT2D eigenvalue weighted by Crippen LogP contribution is 2.34. The smallest absolute Gasteiger partial charge is 0.118 e. The molecule has 20 heavy (non-hydrogen) atoms. The lowest BCUT2D eigenvalue weighted by atomic mass is 9.77. The number of phenols is 1.